The van der Waals surface area contributed by atoms with Crippen molar-refractivity contribution in [1.82, 2.24) is 0 Å². The van der Waals surface area contributed by atoms with Gasteiger partial charge in [0.05, 0.1) is 16.3 Å². The van der Waals surface area contributed by atoms with Crippen LogP contribution in [0.3, 0.4) is 0 Å². The van der Waals surface area contributed by atoms with Gasteiger partial charge in [0.1, 0.15) is 18.1 Å². The Kier molecular flexibility index (Phi) is 11.0. The van der Waals surface area contributed by atoms with E-state index in [1.54, 1.807) is 0 Å². The van der Waals surface area contributed by atoms with Gasteiger partial charge in [-0.1, -0.05) is 79.6 Å². The molecule has 5 aromatic rings. The van der Waals surface area contributed by atoms with Gasteiger partial charge in [-0.25, -0.2) is 0 Å². The Bertz CT molecular complexity index is 2530. The van der Waals surface area contributed by atoms with Crippen molar-refractivity contribution in [3.8, 4) is 5.75 Å². The zero-order chi connectivity index (χ0) is 41.6. The second kappa shape index (κ2) is 16.0. The summed E-state index contributed by atoms with van der Waals surface area (Å²) >= 11 is 0. The van der Waals surface area contributed by atoms with Gasteiger partial charge in [0, 0.05) is 40.5 Å². The lowest BCUT2D eigenvalue weighted by molar-refractivity contribution is -0.433. The van der Waals surface area contributed by atoms with Gasteiger partial charge in [0.15, 0.2) is 20.4 Å². The van der Waals surface area contributed by atoms with Crippen molar-refractivity contribution in [2.45, 2.75) is 108 Å². The number of allylic oxidation sites excluding steroid dienone is 7. The maximum atomic E-state index is 7.08. The normalized spacial score (nSPS) is 18.3. The van der Waals surface area contributed by atoms with Crippen molar-refractivity contribution in [1.29, 1.82) is 0 Å². The fraction of sp³-hybridized carbons (Fsp3) is 0.291. The topological polar surface area (TPSA) is 15.5 Å². The van der Waals surface area contributed by atoms with Crippen LogP contribution in [0.5, 0.6) is 5.75 Å². The molecular weight excluding hydrogens is 737 g/mol. The first-order chi connectivity index (χ1) is 28.3. The number of benzene rings is 5. The van der Waals surface area contributed by atoms with Crippen molar-refractivity contribution >= 4 is 28.0 Å². The predicted octanol–water partition coefficient (Wildman–Crippen LogP) is 13.7. The standard InChI is InChI=1S/C55H60N2OS/c1-11-56-49(54(7,8)47-35-37(3)33-39(5)51(47)56)31-25-41-23-24-42(26-32-50-55(9,10)48-36-38(4)34-40(6)52(48)57(50)12-2)53(41)58-43-27-29-46(30-28-43)59(44-19-15-13-16-20-44)45-21-17-14-18-22-45/h13-22,25-36H,11-12,23-24H2,1-10H3/q+2. The maximum Gasteiger partial charge on any atom is 0.212 e. The number of likely N-dealkylation sites (N-methyl/N-ethyl adjacent to an activating group) is 1. The highest BCUT2D eigenvalue weighted by Gasteiger charge is 2.45. The summed E-state index contributed by atoms with van der Waals surface area (Å²) in [6.07, 6.45) is 11.3. The molecular formula is C55H60N2OS+2. The molecule has 0 N–H and O–H groups in total. The zero-order valence-electron chi connectivity index (χ0n) is 36.7. The Morgan fingerprint density at radius 3 is 1.86 bits per heavy atom. The molecule has 300 valence electrons. The molecule has 1 aliphatic carbocycles. The van der Waals surface area contributed by atoms with Gasteiger partial charge < -0.3 is 9.64 Å². The molecule has 2 aliphatic heterocycles. The number of ether oxygens (including phenoxy) is 1. The predicted molar refractivity (Wildman–Crippen MR) is 250 cm³/mol. The third-order valence-corrected chi connectivity index (χ3v) is 14.9. The maximum absolute atomic E-state index is 7.08. The summed E-state index contributed by atoms with van der Waals surface area (Å²) in [7, 11) is -0.224. The molecule has 0 saturated heterocycles. The molecule has 0 fully saturated rings. The SMILES string of the molecule is CCN1C(=CC=C2CCC(C=CC3=[N+](CC)c4c(C)cc(C)cc4C3(C)C)=C2Oc2ccc([S+](c3ccccc3)c3ccccc3)cc2)C(C)(C)c2cc(C)cc(C)c21. The van der Waals surface area contributed by atoms with E-state index in [4.69, 9.17) is 4.74 Å². The Labute approximate surface area is 356 Å². The Hall–Kier alpha value is -5.32. The summed E-state index contributed by atoms with van der Waals surface area (Å²) in [5.74, 6) is 1.83. The summed E-state index contributed by atoms with van der Waals surface area (Å²) in [6.45, 7) is 24.8. The van der Waals surface area contributed by atoms with Crippen LogP contribution in [0.15, 0.2) is 171 Å². The van der Waals surface area contributed by atoms with Crippen LogP contribution in [-0.2, 0) is 21.7 Å². The number of aryl methyl sites for hydroxylation is 4. The smallest absolute Gasteiger partial charge is 0.212 e. The molecule has 5 aromatic carbocycles. The molecule has 0 saturated carbocycles. The second-order valence-electron chi connectivity index (χ2n) is 17.5. The molecule has 3 aliphatic rings. The summed E-state index contributed by atoms with van der Waals surface area (Å²) in [5.41, 5.74) is 15.8. The highest BCUT2D eigenvalue weighted by molar-refractivity contribution is 7.97. The Morgan fingerprint density at radius 2 is 1.25 bits per heavy atom. The highest BCUT2D eigenvalue weighted by atomic mass is 32.2. The summed E-state index contributed by atoms with van der Waals surface area (Å²) in [4.78, 5) is 6.41. The molecule has 0 atom stereocenters. The quantitative estimate of drug-likeness (QED) is 0.103. The van der Waals surface area contributed by atoms with Crippen LogP contribution in [0.4, 0.5) is 11.4 Å². The number of hydrogen-bond acceptors (Lipinski definition) is 2. The monoisotopic (exact) mass is 796 g/mol. The first-order valence-corrected chi connectivity index (χ1v) is 22.7. The average Bonchev–Trinajstić information content (AvgIpc) is 3.77. The van der Waals surface area contributed by atoms with Crippen LogP contribution in [0.2, 0.25) is 0 Å². The molecule has 0 spiro atoms. The van der Waals surface area contributed by atoms with Crippen molar-refractivity contribution in [2.75, 3.05) is 18.0 Å². The van der Waals surface area contributed by atoms with Gasteiger partial charge in [-0.05, 0) is 163 Å². The number of anilines is 1. The van der Waals surface area contributed by atoms with Gasteiger partial charge >= 0.3 is 0 Å². The zero-order valence-corrected chi connectivity index (χ0v) is 37.6. The van der Waals surface area contributed by atoms with Gasteiger partial charge in [-0.3, -0.25) is 0 Å². The van der Waals surface area contributed by atoms with Crippen LogP contribution >= 0.6 is 0 Å². The first-order valence-electron chi connectivity index (χ1n) is 21.4. The lowest BCUT2D eigenvalue weighted by Gasteiger charge is -2.26. The van der Waals surface area contributed by atoms with Crippen LogP contribution in [-0.4, -0.2) is 23.4 Å². The van der Waals surface area contributed by atoms with Crippen LogP contribution < -0.4 is 9.64 Å². The van der Waals surface area contributed by atoms with Crippen molar-refractivity contribution in [2.24, 2.45) is 0 Å². The van der Waals surface area contributed by atoms with E-state index >= 15 is 0 Å². The number of fused-ring (bicyclic) bond motifs is 2. The van der Waals surface area contributed by atoms with E-state index in [9.17, 15) is 0 Å². The van der Waals surface area contributed by atoms with Crippen molar-refractivity contribution in [3.05, 3.63) is 189 Å². The highest BCUT2D eigenvalue weighted by Crippen LogP contribution is 2.50. The number of hydrogen-bond donors (Lipinski definition) is 0. The van der Waals surface area contributed by atoms with Gasteiger partial charge in [0.25, 0.3) is 0 Å². The van der Waals surface area contributed by atoms with Crippen LogP contribution in [0, 0.1) is 27.7 Å². The Balaban J connectivity index is 1.20. The van der Waals surface area contributed by atoms with Crippen molar-refractivity contribution < 1.29 is 9.31 Å². The fourth-order valence-corrected chi connectivity index (χ4v) is 11.9. The van der Waals surface area contributed by atoms with E-state index in [0.29, 0.717) is 0 Å². The fourth-order valence-electron chi connectivity index (χ4n) is 9.83. The average molecular weight is 797 g/mol. The van der Waals surface area contributed by atoms with Crippen LogP contribution in [0.1, 0.15) is 87.8 Å². The molecule has 3 nitrogen and oxygen atoms in total. The third kappa shape index (κ3) is 7.35. The molecule has 4 heteroatoms. The lowest BCUT2D eigenvalue weighted by atomic mass is 9.80. The van der Waals surface area contributed by atoms with Gasteiger partial charge in [0.2, 0.25) is 5.69 Å². The minimum Gasteiger partial charge on any atom is -0.457 e. The van der Waals surface area contributed by atoms with E-state index in [1.807, 2.05) is 0 Å². The molecule has 0 aromatic heterocycles. The first kappa shape index (κ1) is 40.5. The minimum atomic E-state index is -0.224. The van der Waals surface area contributed by atoms with Gasteiger partial charge in [-0.15, -0.1) is 0 Å². The van der Waals surface area contributed by atoms with Crippen molar-refractivity contribution in [3.63, 3.8) is 0 Å². The number of rotatable bonds is 10. The van der Waals surface area contributed by atoms with Crippen LogP contribution in [0.25, 0.3) is 0 Å². The molecule has 8 rings (SSSR count). The van der Waals surface area contributed by atoms with Gasteiger partial charge in [-0.2, -0.15) is 4.58 Å². The molecule has 59 heavy (non-hydrogen) atoms. The molecule has 0 radical (unpaired) electrons. The van der Waals surface area contributed by atoms with E-state index < -0.39 is 0 Å². The summed E-state index contributed by atoms with van der Waals surface area (Å²) in [6, 6.07) is 40.0. The molecule has 0 bridgehead atoms. The molecule has 0 amide bonds. The van der Waals surface area contributed by atoms with E-state index in [-0.39, 0.29) is 21.7 Å². The minimum absolute atomic E-state index is 0.115. The van der Waals surface area contributed by atoms with E-state index in [1.165, 1.54) is 82.0 Å². The lowest BCUT2D eigenvalue weighted by Crippen LogP contribution is -2.27. The molecule has 0 unspecified atom stereocenters. The summed E-state index contributed by atoms with van der Waals surface area (Å²) in [5, 5.41) is 0. The largest absolute Gasteiger partial charge is 0.457 e. The Morgan fingerprint density at radius 1 is 0.661 bits per heavy atom. The van der Waals surface area contributed by atoms with E-state index in [0.717, 1.165) is 37.4 Å². The third-order valence-electron chi connectivity index (χ3n) is 12.6. The summed E-state index contributed by atoms with van der Waals surface area (Å²) < 4.78 is 9.60. The van der Waals surface area contributed by atoms with E-state index in [2.05, 4.69) is 212 Å². The second-order valence-corrected chi connectivity index (χ2v) is 19.5. The molecule has 2 heterocycles. The number of nitrogens with zero attached hydrogens (tertiary/aromatic N) is 2.